The first-order valence-corrected chi connectivity index (χ1v) is 5.97. The lowest BCUT2D eigenvalue weighted by Gasteiger charge is -2.26. The summed E-state index contributed by atoms with van der Waals surface area (Å²) in [5.41, 5.74) is 1.29. The minimum atomic E-state index is -0.733. The summed E-state index contributed by atoms with van der Waals surface area (Å²) in [7, 11) is 1.98. The highest BCUT2D eigenvalue weighted by molar-refractivity contribution is 5.69. The fraction of sp³-hybridized carbons (Fsp3) is 0.500. The summed E-state index contributed by atoms with van der Waals surface area (Å²) in [5, 5.41) is 8.88. The molecule has 0 aliphatic carbocycles. The third-order valence-electron chi connectivity index (χ3n) is 3.11. The average Bonchev–Trinajstić information content (AvgIpc) is 2.29. The van der Waals surface area contributed by atoms with Crippen LogP contribution in [-0.2, 0) is 11.2 Å². The quantitative estimate of drug-likeness (QED) is 0.822. The van der Waals surface area contributed by atoms with Crippen LogP contribution in [-0.4, -0.2) is 35.6 Å². The molecule has 3 nitrogen and oxygen atoms in total. The molecule has 0 aromatic heterocycles. The van der Waals surface area contributed by atoms with Crippen molar-refractivity contribution >= 4 is 5.97 Å². The molecule has 1 aromatic carbocycles. The van der Waals surface area contributed by atoms with Crippen LogP contribution in [0.15, 0.2) is 30.3 Å². The Labute approximate surface area is 103 Å². The molecule has 17 heavy (non-hydrogen) atoms. The Bertz CT molecular complexity index is 350. The van der Waals surface area contributed by atoms with Crippen LogP contribution >= 0.6 is 0 Å². The number of carbonyl (C=O) groups is 1. The maximum atomic E-state index is 10.8. The van der Waals surface area contributed by atoms with Gasteiger partial charge in [0.1, 0.15) is 0 Å². The van der Waals surface area contributed by atoms with E-state index in [1.54, 1.807) is 6.92 Å². The monoisotopic (exact) mass is 235 g/mol. The Morgan fingerprint density at radius 2 is 1.88 bits per heavy atom. The van der Waals surface area contributed by atoms with Crippen LogP contribution in [0.2, 0.25) is 0 Å². The topological polar surface area (TPSA) is 40.5 Å². The number of hydrogen-bond acceptors (Lipinski definition) is 2. The van der Waals surface area contributed by atoms with Crippen LogP contribution in [0.4, 0.5) is 0 Å². The lowest BCUT2D eigenvalue weighted by atomic mass is 10.0. The van der Waals surface area contributed by atoms with Gasteiger partial charge in [-0.15, -0.1) is 0 Å². The smallest absolute Gasteiger partial charge is 0.307 e. The first-order chi connectivity index (χ1) is 8.00. The molecule has 0 fully saturated rings. The van der Waals surface area contributed by atoms with Gasteiger partial charge in [-0.05, 0) is 26.0 Å². The number of aliphatic carboxylic acids is 1. The molecule has 3 heteroatoms. The number of hydrogen-bond donors (Lipinski definition) is 1. The SMILES string of the molecule is CC(CN(C)C(C)Cc1ccccc1)C(=O)O. The molecule has 0 bridgehead atoms. The van der Waals surface area contributed by atoms with Crippen molar-refractivity contribution < 1.29 is 9.90 Å². The molecular weight excluding hydrogens is 214 g/mol. The van der Waals surface area contributed by atoms with Gasteiger partial charge < -0.3 is 10.0 Å². The van der Waals surface area contributed by atoms with Gasteiger partial charge in [0, 0.05) is 12.6 Å². The molecule has 2 unspecified atom stereocenters. The normalized spacial score (nSPS) is 14.6. The van der Waals surface area contributed by atoms with Gasteiger partial charge in [0.15, 0.2) is 0 Å². The van der Waals surface area contributed by atoms with E-state index in [2.05, 4.69) is 24.0 Å². The molecule has 1 N–H and O–H groups in total. The van der Waals surface area contributed by atoms with E-state index >= 15 is 0 Å². The van der Waals surface area contributed by atoms with Gasteiger partial charge in [-0.2, -0.15) is 0 Å². The third kappa shape index (κ3) is 4.57. The average molecular weight is 235 g/mol. The fourth-order valence-electron chi connectivity index (χ4n) is 1.80. The molecule has 0 aliphatic heterocycles. The van der Waals surface area contributed by atoms with E-state index in [1.807, 2.05) is 25.2 Å². The number of nitrogens with zero attached hydrogens (tertiary/aromatic N) is 1. The molecule has 0 heterocycles. The van der Waals surface area contributed by atoms with Gasteiger partial charge in [0.25, 0.3) is 0 Å². The molecule has 94 valence electrons. The van der Waals surface area contributed by atoms with Crippen molar-refractivity contribution in [3.05, 3.63) is 35.9 Å². The first kappa shape index (κ1) is 13.7. The van der Waals surface area contributed by atoms with Crippen molar-refractivity contribution in [2.75, 3.05) is 13.6 Å². The fourth-order valence-corrected chi connectivity index (χ4v) is 1.80. The van der Waals surface area contributed by atoms with Gasteiger partial charge in [-0.3, -0.25) is 4.79 Å². The molecule has 0 radical (unpaired) electrons. The molecule has 1 rings (SSSR count). The van der Waals surface area contributed by atoms with Crippen molar-refractivity contribution in [1.29, 1.82) is 0 Å². The van der Waals surface area contributed by atoms with Gasteiger partial charge in [-0.1, -0.05) is 37.3 Å². The predicted octanol–water partition coefficient (Wildman–Crippen LogP) is 2.27. The summed E-state index contributed by atoms with van der Waals surface area (Å²) >= 11 is 0. The molecular formula is C14H21NO2. The summed E-state index contributed by atoms with van der Waals surface area (Å²) in [6.07, 6.45) is 0.948. The van der Waals surface area contributed by atoms with Gasteiger partial charge >= 0.3 is 5.97 Å². The Morgan fingerprint density at radius 3 is 2.41 bits per heavy atom. The summed E-state index contributed by atoms with van der Waals surface area (Å²) in [4.78, 5) is 12.9. The molecule has 0 saturated heterocycles. The largest absolute Gasteiger partial charge is 0.481 e. The molecule has 0 spiro atoms. The van der Waals surface area contributed by atoms with Crippen molar-refractivity contribution in [2.45, 2.75) is 26.3 Å². The van der Waals surface area contributed by atoms with Crippen molar-refractivity contribution in [3.63, 3.8) is 0 Å². The van der Waals surface area contributed by atoms with E-state index in [9.17, 15) is 4.79 Å². The number of likely N-dealkylation sites (N-methyl/N-ethyl adjacent to an activating group) is 1. The Morgan fingerprint density at radius 1 is 1.29 bits per heavy atom. The third-order valence-corrected chi connectivity index (χ3v) is 3.11. The van der Waals surface area contributed by atoms with Gasteiger partial charge in [0.2, 0.25) is 0 Å². The van der Waals surface area contributed by atoms with Gasteiger partial charge in [-0.25, -0.2) is 0 Å². The highest BCUT2D eigenvalue weighted by Gasteiger charge is 2.17. The molecule has 0 aliphatic rings. The summed E-state index contributed by atoms with van der Waals surface area (Å²) in [5.74, 6) is -1.05. The Hall–Kier alpha value is -1.35. The Kier molecular flexibility index (Phi) is 5.16. The summed E-state index contributed by atoms with van der Waals surface area (Å²) in [6, 6.07) is 10.6. The van der Waals surface area contributed by atoms with E-state index in [0.717, 1.165) is 6.42 Å². The van der Waals surface area contributed by atoms with Crippen LogP contribution in [0.25, 0.3) is 0 Å². The lowest BCUT2D eigenvalue weighted by molar-refractivity contribution is -0.141. The van der Waals surface area contributed by atoms with E-state index in [0.29, 0.717) is 12.6 Å². The van der Waals surface area contributed by atoms with Crippen LogP contribution in [0.5, 0.6) is 0 Å². The Balaban J connectivity index is 2.47. The second-order valence-corrected chi connectivity index (χ2v) is 4.72. The maximum absolute atomic E-state index is 10.8. The minimum absolute atomic E-state index is 0.321. The summed E-state index contributed by atoms with van der Waals surface area (Å²) in [6.45, 7) is 4.46. The molecule has 1 aromatic rings. The zero-order valence-electron chi connectivity index (χ0n) is 10.8. The second kappa shape index (κ2) is 6.40. The number of rotatable bonds is 6. The highest BCUT2D eigenvalue weighted by atomic mass is 16.4. The predicted molar refractivity (Wildman–Crippen MR) is 69.0 cm³/mol. The van der Waals surface area contributed by atoms with E-state index in [1.165, 1.54) is 5.56 Å². The minimum Gasteiger partial charge on any atom is -0.481 e. The first-order valence-electron chi connectivity index (χ1n) is 5.97. The number of carboxylic acids is 1. The van der Waals surface area contributed by atoms with E-state index < -0.39 is 5.97 Å². The standard InChI is InChI=1S/C14H21NO2/c1-11(14(16)17)10-15(3)12(2)9-13-7-5-4-6-8-13/h4-8,11-12H,9-10H2,1-3H3,(H,16,17). The summed E-state index contributed by atoms with van der Waals surface area (Å²) < 4.78 is 0. The van der Waals surface area contributed by atoms with Crippen LogP contribution < -0.4 is 0 Å². The lowest BCUT2D eigenvalue weighted by Crippen LogP contribution is -2.36. The molecule has 0 saturated carbocycles. The molecule has 0 amide bonds. The maximum Gasteiger partial charge on any atom is 0.307 e. The van der Waals surface area contributed by atoms with Gasteiger partial charge in [0.05, 0.1) is 5.92 Å². The van der Waals surface area contributed by atoms with E-state index in [-0.39, 0.29) is 5.92 Å². The van der Waals surface area contributed by atoms with Crippen molar-refractivity contribution in [3.8, 4) is 0 Å². The van der Waals surface area contributed by atoms with Crippen LogP contribution in [0.3, 0.4) is 0 Å². The zero-order chi connectivity index (χ0) is 12.8. The van der Waals surface area contributed by atoms with Crippen molar-refractivity contribution in [1.82, 2.24) is 4.90 Å². The van der Waals surface area contributed by atoms with Crippen molar-refractivity contribution in [2.24, 2.45) is 5.92 Å². The zero-order valence-corrected chi connectivity index (χ0v) is 10.8. The second-order valence-electron chi connectivity index (χ2n) is 4.72. The number of carboxylic acid groups (broad SMARTS) is 1. The highest BCUT2D eigenvalue weighted by Crippen LogP contribution is 2.09. The van der Waals surface area contributed by atoms with Crippen LogP contribution in [0, 0.1) is 5.92 Å². The molecule has 2 atom stereocenters. The number of benzene rings is 1. The van der Waals surface area contributed by atoms with E-state index in [4.69, 9.17) is 5.11 Å². The van der Waals surface area contributed by atoms with Crippen LogP contribution in [0.1, 0.15) is 19.4 Å².